The maximum absolute atomic E-state index is 12.2. The molecule has 25 heavy (non-hydrogen) atoms. The maximum Gasteiger partial charge on any atom is 0.263 e. The molecule has 1 aromatic heterocycles. The van der Waals surface area contributed by atoms with Gasteiger partial charge in [-0.1, -0.05) is 48.0 Å². The van der Waals surface area contributed by atoms with Crippen LogP contribution in [0.5, 0.6) is 0 Å². The van der Waals surface area contributed by atoms with Crippen LogP contribution in [0, 0.1) is 6.92 Å². The van der Waals surface area contributed by atoms with Gasteiger partial charge in [0.05, 0.1) is 4.90 Å². The first-order valence-corrected chi connectivity index (χ1v) is 9.22. The van der Waals surface area contributed by atoms with Gasteiger partial charge in [-0.3, -0.25) is 4.72 Å². The average molecular weight is 354 g/mol. The Hall–Kier alpha value is -2.93. The molecule has 3 aromatic rings. The predicted octanol–water partition coefficient (Wildman–Crippen LogP) is 3.20. The number of benzene rings is 2. The van der Waals surface area contributed by atoms with Crippen molar-refractivity contribution in [2.24, 2.45) is 0 Å². The lowest BCUT2D eigenvalue weighted by Crippen LogP contribution is -2.14. The molecule has 0 aliphatic rings. The Morgan fingerprint density at radius 2 is 1.48 bits per heavy atom. The highest BCUT2D eigenvalue weighted by atomic mass is 32.2. The third kappa shape index (κ3) is 4.54. The lowest BCUT2D eigenvalue weighted by atomic mass is 10.1. The number of hydrogen-bond donors (Lipinski definition) is 2. The third-order valence-electron chi connectivity index (χ3n) is 3.55. The number of anilines is 2. The van der Waals surface area contributed by atoms with Crippen LogP contribution in [0.1, 0.15) is 11.1 Å². The number of aromatic nitrogens is 2. The number of sulfonamides is 1. The molecular weight excluding hydrogens is 336 g/mol. The molecule has 0 saturated heterocycles. The lowest BCUT2D eigenvalue weighted by Gasteiger charge is -2.08. The summed E-state index contributed by atoms with van der Waals surface area (Å²) in [5.41, 5.74) is 2.33. The van der Waals surface area contributed by atoms with Crippen molar-refractivity contribution in [2.45, 2.75) is 18.4 Å². The second-order valence-corrected chi connectivity index (χ2v) is 7.24. The van der Waals surface area contributed by atoms with Gasteiger partial charge in [-0.05, 0) is 36.8 Å². The molecule has 0 spiro atoms. The van der Waals surface area contributed by atoms with Gasteiger partial charge in [0.1, 0.15) is 5.82 Å². The van der Waals surface area contributed by atoms with Crippen molar-refractivity contribution in [1.29, 1.82) is 0 Å². The van der Waals surface area contributed by atoms with Crippen LogP contribution in [0.25, 0.3) is 0 Å². The molecule has 0 atom stereocenters. The molecule has 2 aromatic carbocycles. The predicted molar refractivity (Wildman–Crippen MR) is 97.8 cm³/mol. The smallest absolute Gasteiger partial charge is 0.263 e. The Bertz CT molecular complexity index is 925. The highest BCUT2D eigenvalue weighted by molar-refractivity contribution is 7.92. The monoisotopic (exact) mass is 354 g/mol. The van der Waals surface area contributed by atoms with Gasteiger partial charge in [0.25, 0.3) is 10.0 Å². The van der Waals surface area contributed by atoms with E-state index in [-0.39, 0.29) is 10.7 Å². The van der Waals surface area contributed by atoms with Gasteiger partial charge in [-0.2, -0.15) is 0 Å². The highest BCUT2D eigenvalue weighted by Gasteiger charge is 2.14. The van der Waals surface area contributed by atoms with E-state index < -0.39 is 10.0 Å². The summed E-state index contributed by atoms with van der Waals surface area (Å²) in [5.74, 6) is 0.743. The zero-order valence-corrected chi connectivity index (χ0v) is 14.5. The molecule has 1 heterocycles. The first-order valence-electron chi connectivity index (χ1n) is 7.74. The van der Waals surface area contributed by atoms with Crippen LogP contribution in [0.15, 0.2) is 71.6 Å². The van der Waals surface area contributed by atoms with E-state index in [1.807, 2.05) is 31.2 Å². The van der Waals surface area contributed by atoms with Crippen molar-refractivity contribution in [3.63, 3.8) is 0 Å². The van der Waals surface area contributed by atoms with Crippen molar-refractivity contribution in [1.82, 2.24) is 10.2 Å². The molecule has 0 amide bonds. The molecule has 0 fully saturated rings. The second kappa shape index (κ2) is 7.31. The first kappa shape index (κ1) is 16.9. The van der Waals surface area contributed by atoms with Crippen LogP contribution < -0.4 is 10.0 Å². The van der Waals surface area contributed by atoms with Gasteiger partial charge in [0.2, 0.25) is 0 Å². The molecule has 0 aliphatic heterocycles. The molecule has 128 valence electrons. The number of aryl methyl sites for hydroxylation is 1. The molecule has 0 unspecified atom stereocenters. The van der Waals surface area contributed by atoms with Gasteiger partial charge in [0, 0.05) is 6.54 Å². The fraction of sp³-hybridized carbons (Fsp3) is 0.111. The summed E-state index contributed by atoms with van der Waals surface area (Å²) in [7, 11) is -3.66. The third-order valence-corrected chi connectivity index (χ3v) is 4.92. The summed E-state index contributed by atoms with van der Waals surface area (Å²) in [5, 5.41) is 11.1. The van der Waals surface area contributed by atoms with E-state index in [1.54, 1.807) is 30.3 Å². The van der Waals surface area contributed by atoms with Gasteiger partial charge in [-0.15, -0.1) is 10.2 Å². The minimum atomic E-state index is -3.66. The van der Waals surface area contributed by atoms with Crippen LogP contribution in [0.2, 0.25) is 0 Å². The number of hydrogen-bond acceptors (Lipinski definition) is 5. The lowest BCUT2D eigenvalue weighted by molar-refractivity contribution is 0.601. The van der Waals surface area contributed by atoms with Crippen LogP contribution >= 0.6 is 0 Å². The van der Waals surface area contributed by atoms with E-state index in [4.69, 9.17) is 0 Å². The Balaban J connectivity index is 1.63. The van der Waals surface area contributed by atoms with Gasteiger partial charge in [0.15, 0.2) is 5.82 Å². The van der Waals surface area contributed by atoms with Crippen LogP contribution in [-0.2, 0) is 16.6 Å². The summed E-state index contributed by atoms with van der Waals surface area (Å²) in [6.07, 6.45) is 0. The average Bonchev–Trinajstić information content (AvgIpc) is 2.63. The van der Waals surface area contributed by atoms with E-state index in [1.165, 1.54) is 17.7 Å². The van der Waals surface area contributed by atoms with Crippen molar-refractivity contribution < 1.29 is 8.42 Å². The molecule has 0 radical (unpaired) electrons. The zero-order chi connectivity index (χ0) is 17.7. The maximum atomic E-state index is 12.2. The van der Waals surface area contributed by atoms with Crippen molar-refractivity contribution in [3.8, 4) is 0 Å². The molecule has 0 saturated carbocycles. The first-order chi connectivity index (χ1) is 12.0. The van der Waals surface area contributed by atoms with Crippen molar-refractivity contribution in [3.05, 3.63) is 77.9 Å². The molecule has 7 heteroatoms. The summed E-state index contributed by atoms with van der Waals surface area (Å²) in [6, 6.07) is 19.6. The standard InChI is InChI=1S/C18H18N4O2S/c1-14-7-9-15(10-8-14)13-19-17-11-12-18(21-20-17)22-25(23,24)16-5-3-2-4-6-16/h2-12H,13H2,1H3,(H,19,20)(H,21,22). The zero-order valence-electron chi connectivity index (χ0n) is 13.7. The summed E-state index contributed by atoms with van der Waals surface area (Å²) in [6.45, 7) is 2.65. The molecule has 0 bridgehead atoms. The fourth-order valence-corrected chi connectivity index (χ4v) is 3.19. The highest BCUT2D eigenvalue weighted by Crippen LogP contribution is 2.14. The summed E-state index contributed by atoms with van der Waals surface area (Å²) < 4.78 is 26.9. The Labute approximate surface area is 147 Å². The SMILES string of the molecule is Cc1ccc(CNc2ccc(NS(=O)(=O)c3ccccc3)nn2)cc1. The summed E-state index contributed by atoms with van der Waals surface area (Å²) in [4.78, 5) is 0.179. The van der Waals surface area contributed by atoms with Crippen molar-refractivity contribution >= 4 is 21.7 Å². The Morgan fingerprint density at radius 3 is 2.12 bits per heavy atom. The van der Waals surface area contributed by atoms with Crippen LogP contribution in [-0.4, -0.2) is 18.6 Å². The topological polar surface area (TPSA) is 84.0 Å². The van der Waals surface area contributed by atoms with E-state index in [0.717, 1.165) is 5.56 Å². The van der Waals surface area contributed by atoms with Gasteiger partial charge >= 0.3 is 0 Å². The minimum Gasteiger partial charge on any atom is -0.365 e. The molecule has 3 rings (SSSR count). The quantitative estimate of drug-likeness (QED) is 0.710. The van der Waals surface area contributed by atoms with Crippen LogP contribution in [0.3, 0.4) is 0 Å². The second-order valence-electron chi connectivity index (χ2n) is 5.56. The van der Waals surface area contributed by atoms with E-state index in [0.29, 0.717) is 12.4 Å². The number of nitrogens with one attached hydrogen (secondary N) is 2. The van der Waals surface area contributed by atoms with Crippen LogP contribution in [0.4, 0.5) is 11.6 Å². The Morgan fingerprint density at radius 1 is 0.840 bits per heavy atom. The molecule has 2 N–H and O–H groups in total. The van der Waals surface area contributed by atoms with E-state index in [2.05, 4.69) is 20.2 Å². The molecular formula is C18H18N4O2S. The van der Waals surface area contributed by atoms with E-state index >= 15 is 0 Å². The number of rotatable bonds is 6. The largest absolute Gasteiger partial charge is 0.365 e. The Kier molecular flexibility index (Phi) is 4.95. The van der Waals surface area contributed by atoms with Gasteiger partial charge in [-0.25, -0.2) is 8.42 Å². The van der Waals surface area contributed by atoms with E-state index in [9.17, 15) is 8.42 Å². The summed E-state index contributed by atoms with van der Waals surface area (Å²) >= 11 is 0. The number of nitrogens with zero attached hydrogens (tertiary/aromatic N) is 2. The molecule has 0 aliphatic carbocycles. The molecule has 6 nitrogen and oxygen atoms in total. The normalized spacial score (nSPS) is 11.1. The van der Waals surface area contributed by atoms with Crippen molar-refractivity contribution in [2.75, 3.05) is 10.0 Å². The minimum absolute atomic E-state index is 0.171. The fourth-order valence-electron chi connectivity index (χ4n) is 2.18. The van der Waals surface area contributed by atoms with Gasteiger partial charge < -0.3 is 5.32 Å².